The summed E-state index contributed by atoms with van der Waals surface area (Å²) in [5.41, 5.74) is 1.09. The molecular formula is C12H8ClFN2O2. The van der Waals surface area contributed by atoms with E-state index in [1.165, 1.54) is 30.3 Å². The van der Waals surface area contributed by atoms with Crippen molar-refractivity contribution in [3.05, 3.63) is 63.4 Å². The maximum Gasteiger partial charge on any atom is 0.271 e. The second kappa shape index (κ2) is 5.01. The first-order valence-electron chi connectivity index (χ1n) is 5.03. The molecule has 0 aromatic heterocycles. The van der Waals surface area contributed by atoms with E-state index in [1.807, 2.05) is 0 Å². The molecule has 92 valence electrons. The molecule has 2 aromatic carbocycles. The van der Waals surface area contributed by atoms with E-state index in [-0.39, 0.29) is 16.5 Å². The van der Waals surface area contributed by atoms with Crippen LogP contribution >= 0.6 is 11.6 Å². The molecule has 0 aliphatic carbocycles. The van der Waals surface area contributed by atoms with Crippen LogP contribution in [-0.2, 0) is 0 Å². The molecule has 0 fully saturated rings. The van der Waals surface area contributed by atoms with Crippen LogP contribution in [0.15, 0.2) is 42.5 Å². The highest BCUT2D eigenvalue weighted by atomic mass is 35.5. The third-order valence-electron chi connectivity index (χ3n) is 2.29. The van der Waals surface area contributed by atoms with Gasteiger partial charge in [0.1, 0.15) is 5.82 Å². The van der Waals surface area contributed by atoms with Crippen molar-refractivity contribution in [1.82, 2.24) is 0 Å². The van der Waals surface area contributed by atoms with E-state index in [2.05, 4.69) is 5.32 Å². The molecule has 4 nitrogen and oxygen atoms in total. The van der Waals surface area contributed by atoms with Gasteiger partial charge in [-0.3, -0.25) is 10.1 Å². The summed E-state index contributed by atoms with van der Waals surface area (Å²) in [6.45, 7) is 0. The molecule has 0 radical (unpaired) electrons. The summed E-state index contributed by atoms with van der Waals surface area (Å²) in [5, 5.41) is 13.7. The van der Waals surface area contributed by atoms with E-state index in [4.69, 9.17) is 11.6 Å². The zero-order valence-corrected chi connectivity index (χ0v) is 9.82. The Hall–Kier alpha value is -2.14. The molecule has 0 saturated heterocycles. The monoisotopic (exact) mass is 266 g/mol. The third-order valence-corrected chi connectivity index (χ3v) is 2.60. The van der Waals surface area contributed by atoms with E-state index in [0.717, 1.165) is 0 Å². The normalized spacial score (nSPS) is 10.1. The minimum atomic E-state index is -0.520. The number of nitro benzene ring substituents is 1. The molecule has 18 heavy (non-hydrogen) atoms. The molecule has 0 saturated carbocycles. The van der Waals surface area contributed by atoms with Crippen LogP contribution in [0.4, 0.5) is 21.5 Å². The van der Waals surface area contributed by atoms with Crippen molar-refractivity contribution in [3.63, 3.8) is 0 Å². The highest BCUT2D eigenvalue weighted by Gasteiger charge is 2.09. The molecule has 0 atom stereocenters. The van der Waals surface area contributed by atoms with Gasteiger partial charge in [-0.2, -0.15) is 0 Å². The van der Waals surface area contributed by atoms with Crippen molar-refractivity contribution in [2.75, 3.05) is 5.32 Å². The predicted octanol–water partition coefficient (Wildman–Crippen LogP) is 4.13. The van der Waals surface area contributed by atoms with E-state index in [1.54, 1.807) is 12.1 Å². The SMILES string of the molecule is O=[N+]([O-])c1ccc(Nc2ccc(F)cc2)c(Cl)c1. The number of halogens is 2. The van der Waals surface area contributed by atoms with Gasteiger partial charge in [-0.1, -0.05) is 11.6 Å². The molecule has 0 amide bonds. The highest BCUT2D eigenvalue weighted by molar-refractivity contribution is 6.33. The lowest BCUT2D eigenvalue weighted by Gasteiger charge is -2.07. The van der Waals surface area contributed by atoms with Gasteiger partial charge in [0.25, 0.3) is 5.69 Å². The van der Waals surface area contributed by atoms with Gasteiger partial charge in [0.15, 0.2) is 0 Å². The van der Waals surface area contributed by atoms with Crippen LogP contribution in [0.2, 0.25) is 5.02 Å². The lowest BCUT2D eigenvalue weighted by Crippen LogP contribution is -1.93. The quantitative estimate of drug-likeness (QED) is 0.671. The van der Waals surface area contributed by atoms with Gasteiger partial charge < -0.3 is 5.32 Å². The third kappa shape index (κ3) is 2.75. The number of hydrogen-bond donors (Lipinski definition) is 1. The van der Waals surface area contributed by atoms with Crippen LogP contribution in [0.3, 0.4) is 0 Å². The van der Waals surface area contributed by atoms with Crippen molar-refractivity contribution in [1.29, 1.82) is 0 Å². The fourth-order valence-corrected chi connectivity index (χ4v) is 1.63. The van der Waals surface area contributed by atoms with Crippen LogP contribution in [0.1, 0.15) is 0 Å². The molecule has 0 bridgehead atoms. The highest BCUT2D eigenvalue weighted by Crippen LogP contribution is 2.29. The van der Waals surface area contributed by atoms with Gasteiger partial charge in [0.05, 0.1) is 15.6 Å². The first kappa shape index (κ1) is 12.3. The zero-order valence-electron chi connectivity index (χ0n) is 9.06. The number of non-ortho nitro benzene ring substituents is 1. The lowest BCUT2D eigenvalue weighted by molar-refractivity contribution is -0.384. The van der Waals surface area contributed by atoms with Gasteiger partial charge >= 0.3 is 0 Å². The Balaban J connectivity index is 2.24. The number of nitrogens with zero attached hydrogens (tertiary/aromatic N) is 1. The Labute approximate surface area is 107 Å². The largest absolute Gasteiger partial charge is 0.354 e. The fraction of sp³-hybridized carbons (Fsp3) is 0. The summed E-state index contributed by atoms with van der Waals surface area (Å²) < 4.78 is 12.7. The van der Waals surface area contributed by atoms with Crippen molar-refractivity contribution >= 4 is 28.7 Å². The van der Waals surface area contributed by atoms with Crippen molar-refractivity contribution < 1.29 is 9.31 Å². The lowest BCUT2D eigenvalue weighted by atomic mass is 10.2. The van der Waals surface area contributed by atoms with Crippen molar-refractivity contribution in [3.8, 4) is 0 Å². The number of anilines is 2. The molecule has 0 heterocycles. The van der Waals surface area contributed by atoms with E-state index in [0.29, 0.717) is 11.4 Å². The fourth-order valence-electron chi connectivity index (χ4n) is 1.41. The van der Waals surface area contributed by atoms with Crippen LogP contribution in [0, 0.1) is 15.9 Å². The van der Waals surface area contributed by atoms with Gasteiger partial charge in [-0.15, -0.1) is 0 Å². The smallest absolute Gasteiger partial charge is 0.271 e. The summed E-state index contributed by atoms with van der Waals surface area (Å²) in [4.78, 5) is 10.0. The van der Waals surface area contributed by atoms with Crippen LogP contribution in [0.25, 0.3) is 0 Å². The van der Waals surface area contributed by atoms with Crippen molar-refractivity contribution in [2.24, 2.45) is 0 Å². The maximum atomic E-state index is 12.7. The topological polar surface area (TPSA) is 55.2 Å². The minimum absolute atomic E-state index is 0.0790. The molecule has 6 heteroatoms. The zero-order chi connectivity index (χ0) is 13.1. The number of nitro groups is 1. The molecular weight excluding hydrogens is 259 g/mol. The first-order valence-corrected chi connectivity index (χ1v) is 5.40. The van der Waals surface area contributed by atoms with Crippen LogP contribution in [-0.4, -0.2) is 4.92 Å². The van der Waals surface area contributed by atoms with E-state index < -0.39 is 4.92 Å². The summed E-state index contributed by atoms with van der Waals surface area (Å²) in [6.07, 6.45) is 0. The Morgan fingerprint density at radius 3 is 2.39 bits per heavy atom. The molecule has 0 spiro atoms. The van der Waals surface area contributed by atoms with Crippen molar-refractivity contribution in [2.45, 2.75) is 0 Å². The summed E-state index contributed by atoms with van der Waals surface area (Å²) in [6, 6.07) is 9.82. The number of hydrogen-bond acceptors (Lipinski definition) is 3. The molecule has 0 aliphatic rings. The summed E-state index contributed by atoms with van der Waals surface area (Å²) >= 11 is 5.91. The van der Waals surface area contributed by atoms with Gasteiger partial charge in [-0.25, -0.2) is 4.39 Å². The Kier molecular flexibility index (Phi) is 3.43. The average molecular weight is 267 g/mol. The Bertz CT molecular complexity index is 587. The predicted molar refractivity (Wildman–Crippen MR) is 67.8 cm³/mol. The molecule has 0 unspecified atom stereocenters. The second-order valence-corrected chi connectivity index (χ2v) is 3.96. The second-order valence-electron chi connectivity index (χ2n) is 3.55. The Morgan fingerprint density at radius 2 is 1.83 bits per heavy atom. The van der Waals surface area contributed by atoms with E-state index >= 15 is 0 Å². The minimum Gasteiger partial charge on any atom is -0.354 e. The van der Waals surface area contributed by atoms with Crippen LogP contribution in [0.5, 0.6) is 0 Å². The first-order chi connectivity index (χ1) is 8.56. The number of nitrogens with one attached hydrogen (secondary N) is 1. The standard InChI is InChI=1S/C12H8ClFN2O2/c13-11-7-10(16(17)18)5-6-12(11)15-9-3-1-8(14)2-4-9/h1-7,15H. The average Bonchev–Trinajstić information content (AvgIpc) is 2.34. The molecule has 2 rings (SSSR count). The van der Waals surface area contributed by atoms with Gasteiger partial charge in [0.2, 0.25) is 0 Å². The maximum absolute atomic E-state index is 12.7. The Morgan fingerprint density at radius 1 is 1.17 bits per heavy atom. The van der Waals surface area contributed by atoms with Gasteiger partial charge in [0, 0.05) is 17.8 Å². The summed E-state index contributed by atoms with van der Waals surface area (Å²) in [7, 11) is 0. The van der Waals surface area contributed by atoms with Crippen LogP contribution < -0.4 is 5.32 Å². The molecule has 0 aliphatic heterocycles. The number of rotatable bonds is 3. The molecule has 2 aromatic rings. The molecule has 1 N–H and O–H groups in total. The van der Waals surface area contributed by atoms with E-state index in [9.17, 15) is 14.5 Å². The summed E-state index contributed by atoms with van der Waals surface area (Å²) in [5.74, 6) is -0.338. The van der Waals surface area contributed by atoms with Gasteiger partial charge in [-0.05, 0) is 30.3 Å². The number of benzene rings is 2.